The molecule has 0 saturated carbocycles. The van der Waals surface area contributed by atoms with Crippen molar-refractivity contribution >= 4 is 33.2 Å². The van der Waals surface area contributed by atoms with Crippen LogP contribution in [-0.2, 0) is 14.8 Å². The molecule has 0 aliphatic carbocycles. The van der Waals surface area contributed by atoms with Crippen molar-refractivity contribution in [3.63, 3.8) is 0 Å². The summed E-state index contributed by atoms with van der Waals surface area (Å²) in [5.74, 6) is -0.672. The number of nitrogens with zero attached hydrogens (tertiary/aromatic N) is 1. The second-order valence-corrected chi connectivity index (χ2v) is 9.06. The summed E-state index contributed by atoms with van der Waals surface area (Å²) in [6.45, 7) is 2.20. The first kappa shape index (κ1) is 18.6. The third-order valence-corrected chi connectivity index (χ3v) is 7.59. The Labute approximate surface area is 155 Å². The molecule has 8 nitrogen and oxygen atoms in total. The van der Waals surface area contributed by atoms with E-state index in [2.05, 4.69) is 10.9 Å². The lowest BCUT2D eigenvalue weighted by molar-refractivity contribution is -0.126. The number of aryl methyl sites for hydroxylation is 1. The van der Waals surface area contributed by atoms with Gasteiger partial charge in [-0.2, -0.15) is 4.31 Å². The molecule has 0 radical (unpaired) electrons. The van der Waals surface area contributed by atoms with Crippen molar-refractivity contribution in [3.05, 3.63) is 41.2 Å². The zero-order valence-electron chi connectivity index (χ0n) is 14.1. The second-order valence-electron chi connectivity index (χ2n) is 5.94. The highest BCUT2D eigenvalue weighted by atomic mass is 32.2. The number of piperidine rings is 1. The molecular formula is C16H19N3O5S2. The molecule has 2 aromatic heterocycles. The third-order valence-electron chi connectivity index (χ3n) is 4.32. The largest absolute Gasteiger partial charge is 0.469 e. The Morgan fingerprint density at radius 1 is 1.23 bits per heavy atom. The van der Waals surface area contributed by atoms with Crippen LogP contribution in [0.25, 0.3) is 0 Å². The maximum absolute atomic E-state index is 12.5. The number of furan rings is 1. The van der Waals surface area contributed by atoms with E-state index in [1.54, 1.807) is 24.4 Å². The van der Waals surface area contributed by atoms with Crippen LogP contribution < -0.4 is 10.9 Å². The van der Waals surface area contributed by atoms with Crippen LogP contribution in [0.1, 0.15) is 29.0 Å². The fourth-order valence-electron chi connectivity index (χ4n) is 2.80. The SMILES string of the molecule is Cc1occc1C(=O)NNC(=O)C1CCN(S(=O)(=O)c2cccs2)CC1. The molecule has 3 rings (SSSR count). The Morgan fingerprint density at radius 2 is 1.96 bits per heavy atom. The van der Waals surface area contributed by atoms with Crippen LogP contribution in [0.2, 0.25) is 0 Å². The van der Waals surface area contributed by atoms with E-state index in [4.69, 9.17) is 4.42 Å². The molecule has 140 valence electrons. The van der Waals surface area contributed by atoms with Gasteiger partial charge in [0.05, 0.1) is 11.8 Å². The van der Waals surface area contributed by atoms with E-state index in [0.717, 1.165) is 0 Å². The highest BCUT2D eigenvalue weighted by Crippen LogP contribution is 2.26. The fourth-order valence-corrected chi connectivity index (χ4v) is 5.42. The lowest BCUT2D eigenvalue weighted by Gasteiger charge is -2.30. The van der Waals surface area contributed by atoms with E-state index in [1.165, 1.54) is 28.0 Å². The average Bonchev–Trinajstić information content (AvgIpc) is 3.31. The molecule has 1 aliphatic heterocycles. The Balaban J connectivity index is 1.51. The summed E-state index contributed by atoms with van der Waals surface area (Å²) in [7, 11) is -3.49. The quantitative estimate of drug-likeness (QED) is 0.760. The predicted molar refractivity (Wildman–Crippen MR) is 94.9 cm³/mol. The molecule has 1 aliphatic rings. The normalized spacial score (nSPS) is 16.3. The van der Waals surface area contributed by atoms with Crippen molar-refractivity contribution in [1.29, 1.82) is 0 Å². The Morgan fingerprint density at radius 3 is 2.54 bits per heavy atom. The number of hydrogen-bond donors (Lipinski definition) is 2. The zero-order chi connectivity index (χ0) is 18.7. The van der Waals surface area contributed by atoms with Crippen LogP contribution in [0.4, 0.5) is 0 Å². The van der Waals surface area contributed by atoms with Crippen molar-refractivity contribution in [3.8, 4) is 0 Å². The monoisotopic (exact) mass is 397 g/mol. The molecule has 2 N–H and O–H groups in total. The highest BCUT2D eigenvalue weighted by Gasteiger charge is 2.32. The van der Waals surface area contributed by atoms with Crippen molar-refractivity contribution < 1.29 is 22.4 Å². The molecule has 0 atom stereocenters. The van der Waals surface area contributed by atoms with E-state index < -0.39 is 15.9 Å². The molecule has 2 aromatic rings. The number of nitrogens with one attached hydrogen (secondary N) is 2. The van der Waals surface area contributed by atoms with E-state index in [9.17, 15) is 18.0 Å². The van der Waals surface area contributed by atoms with Crippen molar-refractivity contribution in [1.82, 2.24) is 15.2 Å². The number of thiophene rings is 1. The second kappa shape index (κ2) is 7.60. The van der Waals surface area contributed by atoms with Crippen LogP contribution in [0.15, 0.2) is 38.5 Å². The molecule has 1 fully saturated rings. The molecule has 0 aromatic carbocycles. The minimum atomic E-state index is -3.49. The van der Waals surface area contributed by atoms with Crippen molar-refractivity contribution in [2.24, 2.45) is 5.92 Å². The molecule has 0 bridgehead atoms. The minimum Gasteiger partial charge on any atom is -0.469 e. The first-order valence-corrected chi connectivity index (χ1v) is 10.4. The maximum Gasteiger partial charge on any atom is 0.273 e. The maximum atomic E-state index is 12.5. The molecule has 10 heteroatoms. The summed E-state index contributed by atoms with van der Waals surface area (Å²) in [5, 5.41) is 1.72. The van der Waals surface area contributed by atoms with Crippen LogP contribution in [-0.4, -0.2) is 37.6 Å². The lowest BCUT2D eigenvalue weighted by atomic mass is 9.98. The van der Waals surface area contributed by atoms with Crippen molar-refractivity contribution in [2.45, 2.75) is 24.0 Å². The molecule has 1 saturated heterocycles. The van der Waals surface area contributed by atoms with Crippen molar-refractivity contribution in [2.75, 3.05) is 13.1 Å². The number of carbonyl (C=O) groups excluding carboxylic acids is 2. The smallest absolute Gasteiger partial charge is 0.273 e. The number of rotatable bonds is 4. The van der Waals surface area contributed by atoms with Gasteiger partial charge >= 0.3 is 0 Å². The molecule has 3 heterocycles. The van der Waals surface area contributed by atoms with Gasteiger partial charge in [-0.05, 0) is 37.3 Å². The summed E-state index contributed by atoms with van der Waals surface area (Å²) in [4.78, 5) is 24.2. The summed E-state index contributed by atoms with van der Waals surface area (Å²) >= 11 is 1.18. The van der Waals surface area contributed by atoms with Gasteiger partial charge in [0.15, 0.2) is 0 Å². The van der Waals surface area contributed by atoms with Gasteiger partial charge < -0.3 is 4.42 Å². The molecular weight excluding hydrogens is 378 g/mol. The molecule has 0 unspecified atom stereocenters. The number of amides is 2. The summed E-state index contributed by atoms with van der Waals surface area (Å²) < 4.78 is 31.7. The van der Waals surface area contributed by atoms with Gasteiger partial charge in [0.2, 0.25) is 5.91 Å². The van der Waals surface area contributed by atoms with Crippen LogP contribution in [0.3, 0.4) is 0 Å². The Bertz CT molecular complexity index is 881. The van der Waals surface area contributed by atoms with Gasteiger partial charge in [-0.1, -0.05) is 6.07 Å². The number of hydrogen-bond acceptors (Lipinski definition) is 6. The average molecular weight is 397 g/mol. The minimum absolute atomic E-state index is 0.271. The van der Waals surface area contributed by atoms with E-state index >= 15 is 0 Å². The van der Waals surface area contributed by atoms with Gasteiger partial charge in [-0.3, -0.25) is 20.4 Å². The summed E-state index contributed by atoms with van der Waals surface area (Å²) in [5.41, 5.74) is 5.11. The number of sulfonamides is 1. The van der Waals surface area contributed by atoms with Crippen LogP contribution in [0.5, 0.6) is 0 Å². The van der Waals surface area contributed by atoms with Gasteiger partial charge in [-0.25, -0.2) is 8.42 Å². The Kier molecular flexibility index (Phi) is 5.44. The first-order valence-electron chi connectivity index (χ1n) is 8.07. The third kappa shape index (κ3) is 3.81. The number of carbonyl (C=O) groups is 2. The standard InChI is InChI=1S/C16H19N3O5S2/c1-11-13(6-9-24-11)16(21)18-17-15(20)12-4-7-19(8-5-12)26(22,23)14-3-2-10-25-14/h2-3,6,9-10,12H,4-5,7-8H2,1H3,(H,17,20)(H,18,21). The van der Waals surface area contributed by atoms with Gasteiger partial charge in [0, 0.05) is 19.0 Å². The van der Waals surface area contributed by atoms with E-state index in [1.807, 2.05) is 0 Å². The highest BCUT2D eigenvalue weighted by molar-refractivity contribution is 7.91. The Hall–Kier alpha value is -2.17. The van der Waals surface area contributed by atoms with Gasteiger partial charge in [0.1, 0.15) is 9.97 Å². The predicted octanol–water partition coefficient (Wildman–Crippen LogP) is 1.51. The van der Waals surface area contributed by atoms with Crippen LogP contribution in [0, 0.1) is 12.8 Å². The van der Waals surface area contributed by atoms with Gasteiger partial charge in [0.25, 0.3) is 15.9 Å². The summed E-state index contributed by atoms with van der Waals surface area (Å²) in [6.07, 6.45) is 2.20. The van der Waals surface area contributed by atoms with Gasteiger partial charge in [-0.15, -0.1) is 11.3 Å². The topological polar surface area (TPSA) is 109 Å². The first-order chi connectivity index (χ1) is 12.4. The summed E-state index contributed by atoms with van der Waals surface area (Å²) in [6, 6.07) is 4.79. The van der Waals surface area contributed by atoms with E-state index in [0.29, 0.717) is 28.4 Å². The van der Waals surface area contributed by atoms with E-state index in [-0.39, 0.29) is 24.9 Å². The molecule has 26 heavy (non-hydrogen) atoms. The fraction of sp³-hybridized carbons (Fsp3) is 0.375. The number of hydrazine groups is 1. The zero-order valence-corrected chi connectivity index (χ0v) is 15.7. The lowest BCUT2D eigenvalue weighted by Crippen LogP contribution is -2.48. The van der Waals surface area contributed by atoms with Crippen LogP contribution >= 0.6 is 11.3 Å². The molecule has 2 amide bonds. The molecule has 0 spiro atoms.